The molecule has 0 spiro atoms. The van der Waals surface area contributed by atoms with Crippen molar-refractivity contribution >= 4 is 21.6 Å². The van der Waals surface area contributed by atoms with E-state index >= 15 is 0 Å². The molecule has 0 saturated carbocycles. The minimum Gasteiger partial charge on any atom is -0.326 e. The van der Waals surface area contributed by atoms with Crippen LogP contribution in [0.25, 0.3) is 0 Å². The lowest BCUT2D eigenvalue weighted by Gasteiger charge is -2.20. The van der Waals surface area contributed by atoms with Gasteiger partial charge in [-0.25, -0.2) is 13.1 Å². The molecule has 6 nitrogen and oxygen atoms in total. The van der Waals surface area contributed by atoms with Crippen molar-refractivity contribution in [3.05, 3.63) is 59.7 Å². The number of benzene rings is 2. The zero-order chi connectivity index (χ0) is 20.1. The number of carbonyl (C=O) groups is 1. The van der Waals surface area contributed by atoms with E-state index < -0.39 is 15.6 Å². The molecule has 1 amide bonds. The van der Waals surface area contributed by atoms with Gasteiger partial charge in [-0.2, -0.15) is 5.26 Å². The van der Waals surface area contributed by atoms with Gasteiger partial charge in [0.25, 0.3) is 0 Å². The fourth-order valence-electron chi connectivity index (χ4n) is 2.45. The third-order valence-electron chi connectivity index (χ3n) is 3.59. The maximum Gasteiger partial charge on any atom is 0.241 e. The first-order chi connectivity index (χ1) is 12.6. The second-order valence-corrected chi connectivity index (χ2v) is 8.92. The second kappa shape index (κ2) is 8.33. The number of carbonyl (C=O) groups excluding carboxylic acids is 1. The molecule has 0 atom stereocenters. The van der Waals surface area contributed by atoms with E-state index in [4.69, 9.17) is 5.26 Å². The van der Waals surface area contributed by atoms with Gasteiger partial charge in [0.2, 0.25) is 15.9 Å². The first-order valence-electron chi connectivity index (χ1n) is 8.52. The lowest BCUT2D eigenvalue weighted by molar-refractivity contribution is -0.116. The molecule has 142 valence electrons. The fraction of sp³-hybridized carbons (Fsp3) is 0.300. The van der Waals surface area contributed by atoms with Crippen LogP contribution < -0.4 is 10.0 Å². The first kappa shape index (κ1) is 20.6. The Morgan fingerprint density at radius 1 is 1.11 bits per heavy atom. The summed E-state index contributed by atoms with van der Waals surface area (Å²) in [5.74, 6) is -0.170. The van der Waals surface area contributed by atoms with Crippen LogP contribution in [0.15, 0.2) is 53.4 Å². The minimum atomic E-state index is -3.57. The predicted octanol–water partition coefficient (Wildman–Crippen LogP) is 3.21. The van der Waals surface area contributed by atoms with E-state index in [1.807, 2.05) is 6.07 Å². The van der Waals surface area contributed by atoms with Crippen molar-refractivity contribution in [1.29, 1.82) is 5.26 Å². The van der Waals surface area contributed by atoms with E-state index in [2.05, 4.69) is 10.0 Å². The molecule has 2 aromatic rings. The smallest absolute Gasteiger partial charge is 0.241 e. The third-order valence-corrected chi connectivity index (χ3v) is 5.36. The quantitative estimate of drug-likeness (QED) is 0.797. The summed E-state index contributed by atoms with van der Waals surface area (Å²) >= 11 is 0. The summed E-state index contributed by atoms with van der Waals surface area (Å²) in [6.45, 7) is 5.34. The molecule has 0 fully saturated rings. The van der Waals surface area contributed by atoms with E-state index in [1.165, 1.54) is 12.1 Å². The van der Waals surface area contributed by atoms with E-state index in [9.17, 15) is 13.2 Å². The van der Waals surface area contributed by atoms with Gasteiger partial charge >= 0.3 is 0 Å². The number of hydrogen-bond donors (Lipinski definition) is 2. The number of nitriles is 1. The Hall–Kier alpha value is -2.69. The number of nitrogens with one attached hydrogen (secondary N) is 2. The van der Waals surface area contributed by atoms with Crippen molar-refractivity contribution in [2.75, 3.05) is 5.32 Å². The van der Waals surface area contributed by atoms with Crippen molar-refractivity contribution in [1.82, 2.24) is 4.72 Å². The molecule has 0 heterocycles. The second-order valence-electron chi connectivity index (χ2n) is 7.24. The summed E-state index contributed by atoms with van der Waals surface area (Å²) in [5.41, 5.74) is 1.37. The number of sulfonamides is 1. The number of nitrogens with zero attached hydrogens (tertiary/aromatic N) is 1. The lowest BCUT2D eigenvalue weighted by atomic mass is 10.1. The molecule has 0 bridgehead atoms. The highest BCUT2D eigenvalue weighted by Gasteiger charge is 2.21. The summed E-state index contributed by atoms with van der Waals surface area (Å²) in [7, 11) is -3.57. The standard InChI is InChI=1S/C20H23N3O3S/c1-20(2,3)23-27(25,26)18-10-7-15(8-11-18)9-12-19(24)22-17-6-4-5-16(13-17)14-21/h4-8,10-11,13,23H,9,12H2,1-3H3,(H,22,24). The Bertz CT molecular complexity index is 953. The monoisotopic (exact) mass is 385 g/mol. The summed E-state index contributed by atoms with van der Waals surface area (Å²) in [6.07, 6.45) is 0.736. The average Bonchev–Trinajstić information content (AvgIpc) is 2.58. The normalized spacial score (nSPS) is 11.6. The zero-order valence-corrected chi connectivity index (χ0v) is 16.4. The molecule has 2 rings (SSSR count). The fourth-order valence-corrected chi connectivity index (χ4v) is 3.86. The molecule has 7 heteroatoms. The van der Waals surface area contributed by atoms with Gasteiger partial charge in [0.15, 0.2) is 0 Å². The molecule has 2 aromatic carbocycles. The number of rotatable bonds is 6. The number of aryl methyl sites for hydroxylation is 1. The van der Waals surface area contributed by atoms with Crippen molar-refractivity contribution in [2.45, 2.75) is 44.0 Å². The Morgan fingerprint density at radius 3 is 2.37 bits per heavy atom. The van der Waals surface area contributed by atoms with Gasteiger partial charge in [0.05, 0.1) is 16.5 Å². The van der Waals surface area contributed by atoms with Crippen molar-refractivity contribution in [3.63, 3.8) is 0 Å². The number of anilines is 1. The van der Waals surface area contributed by atoms with Crippen LogP contribution in [0.3, 0.4) is 0 Å². The van der Waals surface area contributed by atoms with Crippen molar-refractivity contribution < 1.29 is 13.2 Å². The maximum atomic E-state index is 12.3. The Balaban J connectivity index is 1.95. The topological polar surface area (TPSA) is 99.1 Å². The van der Waals surface area contributed by atoms with Crippen LogP contribution in [0.2, 0.25) is 0 Å². The molecular weight excluding hydrogens is 362 g/mol. The highest BCUT2D eigenvalue weighted by Crippen LogP contribution is 2.15. The molecule has 0 aliphatic carbocycles. The minimum absolute atomic E-state index is 0.170. The summed E-state index contributed by atoms with van der Waals surface area (Å²) in [5, 5.41) is 11.6. The van der Waals surface area contributed by atoms with Gasteiger partial charge in [0.1, 0.15) is 0 Å². The molecule has 0 unspecified atom stereocenters. The van der Waals surface area contributed by atoms with Gasteiger partial charge in [-0.3, -0.25) is 4.79 Å². The van der Waals surface area contributed by atoms with Gasteiger partial charge in [0, 0.05) is 17.6 Å². The SMILES string of the molecule is CC(C)(C)NS(=O)(=O)c1ccc(CCC(=O)Nc2cccc(C#N)c2)cc1. The van der Waals surface area contributed by atoms with Crippen LogP contribution in [0.4, 0.5) is 5.69 Å². The first-order valence-corrected chi connectivity index (χ1v) is 10.0. The van der Waals surface area contributed by atoms with Gasteiger partial charge in [-0.1, -0.05) is 18.2 Å². The van der Waals surface area contributed by atoms with Crippen molar-refractivity contribution in [3.8, 4) is 6.07 Å². The Morgan fingerprint density at radius 2 is 1.78 bits per heavy atom. The molecule has 0 saturated heterocycles. The predicted molar refractivity (Wildman–Crippen MR) is 105 cm³/mol. The van der Waals surface area contributed by atoms with E-state index in [-0.39, 0.29) is 17.2 Å². The van der Waals surface area contributed by atoms with Crippen LogP contribution in [-0.2, 0) is 21.2 Å². The zero-order valence-electron chi connectivity index (χ0n) is 15.6. The van der Waals surface area contributed by atoms with Crippen molar-refractivity contribution in [2.24, 2.45) is 0 Å². The lowest BCUT2D eigenvalue weighted by Crippen LogP contribution is -2.40. The average molecular weight is 385 g/mol. The largest absolute Gasteiger partial charge is 0.326 e. The summed E-state index contributed by atoms with van der Waals surface area (Å²) in [4.78, 5) is 12.3. The molecule has 2 N–H and O–H groups in total. The summed E-state index contributed by atoms with van der Waals surface area (Å²) < 4.78 is 27.2. The highest BCUT2D eigenvalue weighted by atomic mass is 32.2. The summed E-state index contributed by atoms with van der Waals surface area (Å²) in [6, 6.07) is 15.2. The maximum absolute atomic E-state index is 12.3. The number of amides is 1. The number of hydrogen-bond acceptors (Lipinski definition) is 4. The van der Waals surface area contributed by atoms with Crippen LogP contribution in [0, 0.1) is 11.3 Å². The van der Waals surface area contributed by atoms with Gasteiger partial charge in [-0.05, 0) is 63.1 Å². The van der Waals surface area contributed by atoms with E-state index in [0.29, 0.717) is 17.7 Å². The Kier molecular flexibility index (Phi) is 6.37. The van der Waals surface area contributed by atoms with E-state index in [0.717, 1.165) is 5.56 Å². The molecule has 27 heavy (non-hydrogen) atoms. The van der Waals surface area contributed by atoms with Crippen LogP contribution in [-0.4, -0.2) is 19.9 Å². The molecule has 0 aliphatic rings. The third kappa shape index (κ3) is 6.51. The molecular formula is C20H23N3O3S. The molecule has 0 radical (unpaired) electrons. The molecule has 0 aliphatic heterocycles. The van der Waals surface area contributed by atoms with Crippen LogP contribution in [0.5, 0.6) is 0 Å². The van der Waals surface area contributed by atoms with E-state index in [1.54, 1.807) is 57.2 Å². The van der Waals surface area contributed by atoms with Gasteiger partial charge < -0.3 is 5.32 Å². The van der Waals surface area contributed by atoms with Gasteiger partial charge in [-0.15, -0.1) is 0 Å². The van der Waals surface area contributed by atoms with Crippen LogP contribution >= 0.6 is 0 Å². The van der Waals surface area contributed by atoms with Crippen LogP contribution in [0.1, 0.15) is 38.3 Å². The highest BCUT2D eigenvalue weighted by molar-refractivity contribution is 7.89. The Labute approximate surface area is 160 Å². The molecule has 0 aromatic heterocycles.